The molecule has 0 radical (unpaired) electrons. The van der Waals surface area contributed by atoms with Crippen molar-refractivity contribution in [1.82, 2.24) is 4.31 Å². The first-order valence-corrected chi connectivity index (χ1v) is 8.35. The zero-order valence-electron chi connectivity index (χ0n) is 11.6. The average molecular weight is 299 g/mol. The Balaban J connectivity index is 2.29. The number of hydrogen-bond donors (Lipinski definition) is 2. The molecule has 112 valence electrons. The van der Waals surface area contributed by atoms with Gasteiger partial charge in [-0.3, -0.25) is 0 Å². The van der Waals surface area contributed by atoms with Crippen LogP contribution < -0.4 is 0 Å². The Labute approximate surface area is 119 Å². The van der Waals surface area contributed by atoms with Gasteiger partial charge < -0.3 is 10.2 Å². The number of nitrogens with zero attached hydrogens (tertiary/aromatic N) is 1. The summed E-state index contributed by atoms with van der Waals surface area (Å²) in [5.74, 6) is 0. The Bertz CT molecular complexity index is 558. The summed E-state index contributed by atoms with van der Waals surface area (Å²) in [5.41, 5.74) is 0.603. The van der Waals surface area contributed by atoms with Gasteiger partial charge in [-0.05, 0) is 37.0 Å². The number of benzene rings is 1. The predicted molar refractivity (Wildman–Crippen MR) is 75.7 cm³/mol. The van der Waals surface area contributed by atoms with Crippen LogP contribution in [0.1, 0.15) is 37.9 Å². The van der Waals surface area contributed by atoms with Crippen LogP contribution in [0.5, 0.6) is 0 Å². The molecule has 5 nitrogen and oxygen atoms in total. The maximum Gasteiger partial charge on any atom is 0.243 e. The summed E-state index contributed by atoms with van der Waals surface area (Å²) in [6, 6.07) is 6.41. The van der Waals surface area contributed by atoms with Crippen molar-refractivity contribution in [3.8, 4) is 0 Å². The molecule has 2 unspecified atom stereocenters. The predicted octanol–water partition coefficient (Wildman–Crippen LogP) is 1.28. The van der Waals surface area contributed by atoms with Crippen molar-refractivity contribution >= 4 is 10.0 Å². The van der Waals surface area contributed by atoms with Crippen LogP contribution in [0.15, 0.2) is 29.2 Å². The van der Waals surface area contributed by atoms with E-state index in [1.165, 1.54) is 16.4 Å². The van der Waals surface area contributed by atoms with E-state index >= 15 is 0 Å². The molecule has 20 heavy (non-hydrogen) atoms. The maximum atomic E-state index is 12.5. The van der Waals surface area contributed by atoms with E-state index in [0.29, 0.717) is 31.4 Å². The lowest BCUT2D eigenvalue weighted by Gasteiger charge is -2.29. The van der Waals surface area contributed by atoms with Gasteiger partial charge in [0.1, 0.15) is 0 Å². The first-order valence-electron chi connectivity index (χ1n) is 6.91. The standard InChI is InChI=1S/C14H21NO4S/c1-2-14(17)11-5-3-7-13(9-11)20(18,19)15-8-4-6-12(16)10-15/h3,5,7,9,12,14,16-17H,2,4,6,8,10H2,1H3. The second-order valence-electron chi connectivity index (χ2n) is 5.16. The number of sulfonamides is 1. The normalized spacial score (nSPS) is 22.6. The fourth-order valence-electron chi connectivity index (χ4n) is 2.41. The van der Waals surface area contributed by atoms with Crippen molar-refractivity contribution < 1.29 is 18.6 Å². The molecule has 2 atom stereocenters. The third-order valence-corrected chi connectivity index (χ3v) is 5.49. The number of hydrogen-bond acceptors (Lipinski definition) is 4. The highest BCUT2D eigenvalue weighted by Gasteiger charge is 2.29. The van der Waals surface area contributed by atoms with Gasteiger partial charge in [-0.1, -0.05) is 19.1 Å². The molecule has 1 aliphatic rings. The topological polar surface area (TPSA) is 77.8 Å². The summed E-state index contributed by atoms with van der Waals surface area (Å²) in [4.78, 5) is 0.177. The zero-order chi connectivity index (χ0) is 14.8. The number of piperidine rings is 1. The number of rotatable bonds is 4. The van der Waals surface area contributed by atoms with Gasteiger partial charge in [-0.25, -0.2) is 8.42 Å². The van der Waals surface area contributed by atoms with Crippen LogP contribution in [0.4, 0.5) is 0 Å². The Hall–Kier alpha value is -0.950. The second-order valence-corrected chi connectivity index (χ2v) is 7.09. The first kappa shape index (κ1) is 15.4. The molecule has 2 rings (SSSR count). The number of β-amino-alcohol motifs (C(OH)–C–C–N with tert-alkyl or cyclic N) is 1. The van der Waals surface area contributed by atoms with Crippen LogP contribution in [0.25, 0.3) is 0 Å². The summed E-state index contributed by atoms with van der Waals surface area (Å²) >= 11 is 0. The highest BCUT2D eigenvalue weighted by molar-refractivity contribution is 7.89. The van der Waals surface area contributed by atoms with E-state index in [-0.39, 0.29) is 11.4 Å². The lowest BCUT2D eigenvalue weighted by molar-refractivity contribution is 0.108. The summed E-state index contributed by atoms with van der Waals surface area (Å²) < 4.78 is 26.4. The molecule has 0 spiro atoms. The van der Waals surface area contributed by atoms with Gasteiger partial charge in [0.15, 0.2) is 0 Å². The molecule has 0 aromatic heterocycles. The zero-order valence-corrected chi connectivity index (χ0v) is 12.4. The Morgan fingerprint density at radius 1 is 1.45 bits per heavy atom. The van der Waals surface area contributed by atoms with Crippen molar-refractivity contribution in [3.05, 3.63) is 29.8 Å². The van der Waals surface area contributed by atoms with Gasteiger partial charge in [0.05, 0.1) is 17.1 Å². The van der Waals surface area contributed by atoms with Gasteiger partial charge >= 0.3 is 0 Å². The van der Waals surface area contributed by atoms with Gasteiger partial charge in [-0.15, -0.1) is 0 Å². The molecule has 1 saturated heterocycles. The SMILES string of the molecule is CCC(O)c1cccc(S(=O)(=O)N2CCCC(O)C2)c1. The third-order valence-electron chi connectivity index (χ3n) is 3.63. The quantitative estimate of drug-likeness (QED) is 0.878. The van der Waals surface area contributed by atoms with Crippen LogP contribution in [-0.4, -0.2) is 42.1 Å². The minimum absolute atomic E-state index is 0.142. The maximum absolute atomic E-state index is 12.5. The van der Waals surface area contributed by atoms with Gasteiger partial charge in [-0.2, -0.15) is 4.31 Å². The van der Waals surface area contributed by atoms with Crippen LogP contribution in [0.2, 0.25) is 0 Å². The van der Waals surface area contributed by atoms with E-state index in [0.717, 1.165) is 0 Å². The first-order chi connectivity index (χ1) is 9.45. The molecule has 1 aromatic rings. The molecule has 2 N–H and O–H groups in total. The molecule has 1 heterocycles. The third kappa shape index (κ3) is 3.20. The fourth-order valence-corrected chi connectivity index (χ4v) is 3.98. The fraction of sp³-hybridized carbons (Fsp3) is 0.571. The van der Waals surface area contributed by atoms with Crippen LogP contribution in [0, 0.1) is 0 Å². The van der Waals surface area contributed by atoms with Crippen LogP contribution in [-0.2, 0) is 10.0 Å². The van der Waals surface area contributed by atoms with E-state index in [2.05, 4.69) is 0 Å². The smallest absolute Gasteiger partial charge is 0.243 e. The van der Waals surface area contributed by atoms with Crippen molar-refractivity contribution in [3.63, 3.8) is 0 Å². The lowest BCUT2D eigenvalue weighted by atomic mass is 10.1. The van der Waals surface area contributed by atoms with Crippen molar-refractivity contribution in [2.24, 2.45) is 0 Å². The molecule has 1 aromatic carbocycles. The summed E-state index contributed by atoms with van der Waals surface area (Å²) in [5, 5.41) is 19.4. The summed E-state index contributed by atoms with van der Waals surface area (Å²) in [7, 11) is -3.60. The Morgan fingerprint density at radius 2 is 2.20 bits per heavy atom. The molecule has 6 heteroatoms. The highest BCUT2D eigenvalue weighted by atomic mass is 32.2. The molecule has 0 bridgehead atoms. The van der Waals surface area contributed by atoms with Gasteiger partial charge in [0, 0.05) is 13.1 Å². The average Bonchev–Trinajstić information content (AvgIpc) is 2.46. The van der Waals surface area contributed by atoms with Gasteiger partial charge in [0.2, 0.25) is 10.0 Å². The van der Waals surface area contributed by atoms with E-state index in [9.17, 15) is 18.6 Å². The minimum atomic E-state index is -3.60. The van der Waals surface area contributed by atoms with Crippen molar-refractivity contribution in [2.75, 3.05) is 13.1 Å². The largest absolute Gasteiger partial charge is 0.392 e. The molecule has 1 aliphatic heterocycles. The second kappa shape index (κ2) is 6.22. The molecule has 0 saturated carbocycles. The molecule has 1 fully saturated rings. The summed E-state index contributed by atoms with van der Waals surface area (Å²) in [6.45, 7) is 2.41. The Morgan fingerprint density at radius 3 is 2.85 bits per heavy atom. The molecular formula is C14H21NO4S. The minimum Gasteiger partial charge on any atom is -0.392 e. The number of aliphatic hydroxyl groups excluding tert-OH is 2. The highest BCUT2D eigenvalue weighted by Crippen LogP contribution is 2.24. The van der Waals surface area contributed by atoms with Gasteiger partial charge in [0.25, 0.3) is 0 Å². The monoisotopic (exact) mass is 299 g/mol. The molecule has 0 aliphatic carbocycles. The lowest BCUT2D eigenvalue weighted by Crippen LogP contribution is -2.42. The molecule has 0 amide bonds. The number of aliphatic hydroxyl groups is 2. The van der Waals surface area contributed by atoms with E-state index in [4.69, 9.17) is 0 Å². The molecular weight excluding hydrogens is 278 g/mol. The van der Waals surface area contributed by atoms with Crippen molar-refractivity contribution in [1.29, 1.82) is 0 Å². The van der Waals surface area contributed by atoms with E-state index in [1.54, 1.807) is 12.1 Å². The van der Waals surface area contributed by atoms with Crippen LogP contribution >= 0.6 is 0 Å². The van der Waals surface area contributed by atoms with E-state index < -0.39 is 22.2 Å². The van der Waals surface area contributed by atoms with Crippen LogP contribution in [0.3, 0.4) is 0 Å². The summed E-state index contributed by atoms with van der Waals surface area (Å²) in [6.07, 6.45) is 0.588. The van der Waals surface area contributed by atoms with Crippen molar-refractivity contribution in [2.45, 2.75) is 43.3 Å². The van der Waals surface area contributed by atoms with E-state index in [1.807, 2.05) is 6.92 Å². The Kier molecular flexibility index (Phi) is 4.80.